The first-order valence-electron chi connectivity index (χ1n) is 0.801. The summed E-state index contributed by atoms with van der Waals surface area (Å²) in [7, 11) is -0.725. The van der Waals surface area contributed by atoms with Crippen molar-refractivity contribution in [3.63, 3.8) is 0 Å². The molecule has 0 saturated carbocycles. The van der Waals surface area contributed by atoms with Crippen molar-refractivity contribution in [3.05, 3.63) is 0 Å². The molecule has 0 aromatic rings. The standard InChI is InChI=1S/Mg.H2O3P2.2H/c;1-5(2)3-4;;/h;4H2;;/q+2;;2*-1/p+1. The molecule has 3 nitrogen and oxygen atoms in total. The van der Waals surface area contributed by atoms with E-state index >= 15 is 0 Å². The van der Waals surface area contributed by atoms with Gasteiger partial charge in [0.05, 0.1) is 9.47 Å². The van der Waals surface area contributed by atoms with E-state index < -0.39 is 8.25 Å². The van der Waals surface area contributed by atoms with Crippen LogP contribution in [0.15, 0.2) is 0 Å². The second-order valence-electron chi connectivity index (χ2n) is 0.343. The van der Waals surface area contributed by atoms with Crippen LogP contribution in [-0.2, 0) is 8.88 Å². The molecule has 6 heavy (non-hydrogen) atoms. The third kappa shape index (κ3) is 8.96. The van der Waals surface area contributed by atoms with Crippen LogP contribution in [0.4, 0.5) is 0 Å². The van der Waals surface area contributed by atoms with E-state index in [1.54, 1.807) is 9.47 Å². The molecular weight excluding hydrogens is 134 g/mol. The van der Waals surface area contributed by atoms with Gasteiger partial charge < -0.3 is 2.85 Å². The van der Waals surface area contributed by atoms with Crippen LogP contribution in [0.2, 0.25) is 0 Å². The Kier molecular flexibility index (Phi) is 10.6. The first-order chi connectivity index (χ1) is 2.27. The van der Waals surface area contributed by atoms with E-state index in [1.807, 2.05) is 0 Å². The molecule has 34 valence electrons. The normalized spacial score (nSPS) is 9.33. The van der Waals surface area contributed by atoms with Gasteiger partial charge in [-0.25, -0.2) is 0 Å². The van der Waals surface area contributed by atoms with E-state index in [4.69, 9.17) is 4.89 Å². The second-order valence-corrected chi connectivity index (χ2v) is 1.66. The minimum atomic E-state index is -2.39. The summed E-state index contributed by atoms with van der Waals surface area (Å²) in [4.78, 5) is 7.63. The van der Waals surface area contributed by atoms with E-state index in [2.05, 4.69) is 4.31 Å². The molecule has 0 aromatic carbocycles. The van der Waals surface area contributed by atoms with E-state index in [0.717, 1.165) is 0 Å². The van der Waals surface area contributed by atoms with Gasteiger partial charge in [0, 0.05) is 4.57 Å². The summed E-state index contributed by atoms with van der Waals surface area (Å²) in [5.41, 5.74) is 0. The fourth-order valence-electron chi connectivity index (χ4n) is 0. The van der Waals surface area contributed by atoms with Gasteiger partial charge in [0.1, 0.15) is 0 Å². The summed E-state index contributed by atoms with van der Waals surface area (Å²) in [5, 5.41) is 0. The van der Waals surface area contributed by atoms with Gasteiger partial charge in [0.15, 0.2) is 0 Å². The summed E-state index contributed by atoms with van der Waals surface area (Å²) < 4.78 is 13.0. The molecule has 0 spiro atoms. The first-order valence-corrected chi connectivity index (χ1v) is 2.40. The molecular formula is H5MgO3P2+. The number of hydrogen-bond acceptors (Lipinski definition) is 2. The predicted octanol–water partition coefficient (Wildman–Crippen LogP) is 0.287. The fourth-order valence-corrected chi connectivity index (χ4v) is 0. The monoisotopic (exact) mass is 139 g/mol. The minimum absolute atomic E-state index is 0. The van der Waals surface area contributed by atoms with Gasteiger partial charge in [-0.05, 0) is 0 Å². The van der Waals surface area contributed by atoms with E-state index in [-0.39, 0.29) is 25.9 Å². The molecule has 0 rings (SSSR count). The van der Waals surface area contributed by atoms with Gasteiger partial charge in [-0.1, -0.05) is 0 Å². The van der Waals surface area contributed by atoms with Crippen LogP contribution in [-0.4, -0.2) is 27.9 Å². The smallest absolute Gasteiger partial charge is 1.00 e. The van der Waals surface area contributed by atoms with Crippen LogP contribution < -0.4 is 0 Å². The summed E-state index contributed by atoms with van der Waals surface area (Å²) in [6, 6.07) is 0. The van der Waals surface area contributed by atoms with Gasteiger partial charge in [-0.2, -0.15) is 0 Å². The maximum Gasteiger partial charge on any atom is 2.00 e. The Morgan fingerprint density at radius 3 is 2.17 bits per heavy atom. The van der Waals surface area contributed by atoms with Crippen LogP contribution in [0.5, 0.6) is 0 Å². The second kappa shape index (κ2) is 6.22. The van der Waals surface area contributed by atoms with Crippen molar-refractivity contribution in [2.45, 2.75) is 0 Å². The third-order valence-electron chi connectivity index (χ3n) is 0.0902. The zero-order chi connectivity index (χ0) is 4.28. The molecule has 0 aliphatic rings. The van der Waals surface area contributed by atoms with Crippen molar-refractivity contribution in [2.75, 3.05) is 0 Å². The van der Waals surface area contributed by atoms with E-state index in [0.29, 0.717) is 0 Å². The van der Waals surface area contributed by atoms with E-state index in [1.165, 1.54) is 0 Å². The van der Waals surface area contributed by atoms with Crippen LogP contribution in [0.25, 0.3) is 0 Å². The van der Waals surface area contributed by atoms with Gasteiger partial charge in [-0.3, -0.25) is 0 Å². The quantitative estimate of drug-likeness (QED) is 0.419. The SMILES string of the molecule is O=[P+](O)OP.[H-].[H-].[Mg+2]. The summed E-state index contributed by atoms with van der Waals surface area (Å²) in [5.74, 6) is 0. The molecule has 0 heterocycles. The van der Waals surface area contributed by atoms with Crippen molar-refractivity contribution in [3.8, 4) is 0 Å². The Morgan fingerprint density at radius 1 is 2.00 bits per heavy atom. The van der Waals surface area contributed by atoms with Crippen LogP contribution in [0.1, 0.15) is 2.85 Å². The predicted molar refractivity (Wildman–Crippen MR) is 28.6 cm³/mol. The Hall–Kier alpha value is 1.22. The molecule has 0 bridgehead atoms. The Balaban J connectivity index is -0.0000000267. The summed E-state index contributed by atoms with van der Waals surface area (Å²) >= 11 is 0. The minimum Gasteiger partial charge on any atom is -1.00 e. The Labute approximate surface area is 57.8 Å². The first kappa shape index (κ1) is 10.2. The summed E-state index contributed by atoms with van der Waals surface area (Å²) in [6.45, 7) is 0. The van der Waals surface area contributed by atoms with Crippen molar-refractivity contribution in [1.82, 2.24) is 0 Å². The number of rotatable bonds is 1. The molecule has 0 saturated heterocycles. The van der Waals surface area contributed by atoms with Gasteiger partial charge in [0.2, 0.25) is 0 Å². The molecule has 0 radical (unpaired) electrons. The summed E-state index contributed by atoms with van der Waals surface area (Å²) in [6.07, 6.45) is 0. The van der Waals surface area contributed by atoms with Gasteiger partial charge >= 0.3 is 31.3 Å². The molecule has 2 unspecified atom stereocenters. The average Bonchev–Trinajstić information content (AvgIpc) is 1.38. The molecule has 0 aliphatic heterocycles. The molecule has 2 atom stereocenters. The topological polar surface area (TPSA) is 46.5 Å². The molecule has 1 N–H and O–H groups in total. The van der Waals surface area contributed by atoms with E-state index in [9.17, 15) is 4.57 Å². The molecule has 0 fully saturated rings. The zero-order valence-electron chi connectivity index (χ0n) is 5.00. The zero-order valence-corrected chi connectivity index (χ0v) is 6.46. The number of hydrogen-bond donors (Lipinski definition) is 1. The fraction of sp³-hybridized carbons (Fsp3) is 0. The molecule has 0 amide bonds. The van der Waals surface area contributed by atoms with Crippen molar-refractivity contribution in [1.29, 1.82) is 0 Å². The largest absolute Gasteiger partial charge is 2.00 e. The van der Waals surface area contributed by atoms with Gasteiger partial charge in [-0.15, -0.1) is 9.20 Å². The Morgan fingerprint density at radius 2 is 2.17 bits per heavy atom. The van der Waals surface area contributed by atoms with Crippen LogP contribution in [0, 0.1) is 0 Å². The molecule has 6 heteroatoms. The maximum absolute atomic E-state index is 9.27. The molecule has 0 aliphatic carbocycles. The third-order valence-corrected chi connectivity index (χ3v) is 0.812. The average molecular weight is 139 g/mol. The van der Waals surface area contributed by atoms with Crippen LogP contribution in [0.3, 0.4) is 0 Å². The maximum atomic E-state index is 9.27. The molecule has 0 aromatic heterocycles. The van der Waals surface area contributed by atoms with Gasteiger partial charge in [0.25, 0.3) is 0 Å². The Bertz CT molecular complexity index is 50.5. The van der Waals surface area contributed by atoms with Crippen molar-refractivity contribution < 1.29 is 16.6 Å². The van der Waals surface area contributed by atoms with Crippen LogP contribution >= 0.6 is 17.7 Å². The van der Waals surface area contributed by atoms with Crippen molar-refractivity contribution in [2.24, 2.45) is 0 Å². The van der Waals surface area contributed by atoms with Crippen molar-refractivity contribution >= 4 is 40.8 Å².